The van der Waals surface area contributed by atoms with Crippen LogP contribution in [0.15, 0.2) is 83.5 Å². The smallest absolute Gasteiger partial charge is 0.264 e. The van der Waals surface area contributed by atoms with Gasteiger partial charge in [0.1, 0.15) is 5.75 Å². The Balaban J connectivity index is 1.25. The topological polar surface area (TPSA) is 128 Å². The number of aromatic nitrogens is 4. The fourth-order valence-electron chi connectivity index (χ4n) is 3.48. The Morgan fingerprint density at radius 2 is 1.78 bits per heavy atom. The molecule has 0 aliphatic rings. The van der Waals surface area contributed by atoms with E-state index in [-0.39, 0.29) is 23.2 Å². The third-order valence-corrected chi connectivity index (χ3v) is 7.48. The Morgan fingerprint density at radius 3 is 2.47 bits per heavy atom. The molecule has 5 rings (SSSR count). The van der Waals surface area contributed by atoms with Gasteiger partial charge < -0.3 is 10.1 Å². The number of anilines is 2. The minimum atomic E-state index is -3.85. The van der Waals surface area contributed by atoms with Crippen molar-refractivity contribution in [3.63, 3.8) is 0 Å². The van der Waals surface area contributed by atoms with E-state index in [1.54, 1.807) is 13.2 Å². The quantitative estimate of drug-likeness (QED) is 0.318. The molecule has 0 fully saturated rings. The summed E-state index contributed by atoms with van der Waals surface area (Å²) in [5.41, 5.74) is 3.03. The fourth-order valence-corrected chi connectivity index (χ4v) is 5.31. The molecular formula is C24H20N6O4S2. The number of sulfonamides is 1. The molecule has 1 amide bonds. The number of fused-ring (bicyclic) bond motifs is 1. The zero-order chi connectivity index (χ0) is 25.1. The maximum Gasteiger partial charge on any atom is 0.264 e. The molecule has 0 spiro atoms. The molecule has 2 N–H and O–H groups in total. The second-order valence-electron chi connectivity index (χ2n) is 7.66. The third kappa shape index (κ3) is 5.04. The van der Waals surface area contributed by atoms with Gasteiger partial charge in [0.15, 0.2) is 4.96 Å². The Morgan fingerprint density at radius 1 is 1.06 bits per heavy atom. The van der Waals surface area contributed by atoms with Crippen LogP contribution in [0.2, 0.25) is 0 Å². The monoisotopic (exact) mass is 520 g/mol. The van der Waals surface area contributed by atoms with Gasteiger partial charge in [-0.25, -0.2) is 28.1 Å². The molecule has 0 atom stereocenters. The largest absolute Gasteiger partial charge is 0.497 e. The molecule has 0 unspecified atom stereocenters. The molecule has 36 heavy (non-hydrogen) atoms. The van der Waals surface area contributed by atoms with E-state index in [2.05, 4.69) is 25.0 Å². The van der Waals surface area contributed by atoms with E-state index in [9.17, 15) is 13.2 Å². The van der Waals surface area contributed by atoms with Crippen LogP contribution in [-0.2, 0) is 21.2 Å². The number of nitrogens with one attached hydrogen (secondary N) is 2. The molecule has 0 radical (unpaired) electrons. The minimum Gasteiger partial charge on any atom is -0.497 e. The van der Waals surface area contributed by atoms with Crippen LogP contribution in [0.25, 0.3) is 16.2 Å². The summed E-state index contributed by atoms with van der Waals surface area (Å²) in [5, 5.41) is 4.70. The van der Waals surface area contributed by atoms with E-state index in [0.717, 1.165) is 27.7 Å². The van der Waals surface area contributed by atoms with Crippen molar-refractivity contribution in [2.75, 3.05) is 17.1 Å². The Kier molecular flexibility index (Phi) is 6.36. The standard InChI is InChI=1S/C24H20N6O4S2/c1-34-19-7-3-16(4-8-19)21-14-30-18(15-35-24(30)28-21)13-22(31)27-17-5-9-20(10-6-17)36(32,33)29-23-25-11-2-12-26-23/h2-12,14-15H,13H2,1H3,(H,27,31)(H,25,26,29). The maximum absolute atomic E-state index is 12.7. The first-order valence-corrected chi connectivity index (χ1v) is 13.1. The second-order valence-corrected chi connectivity index (χ2v) is 10.2. The molecule has 5 aromatic rings. The summed E-state index contributed by atoms with van der Waals surface area (Å²) >= 11 is 1.45. The predicted molar refractivity (Wildman–Crippen MR) is 137 cm³/mol. The Hall–Kier alpha value is -4.29. The van der Waals surface area contributed by atoms with Crippen molar-refractivity contribution >= 4 is 43.9 Å². The number of nitrogens with zero attached hydrogens (tertiary/aromatic N) is 4. The summed E-state index contributed by atoms with van der Waals surface area (Å²) < 4.78 is 34.4. The molecule has 3 aromatic heterocycles. The summed E-state index contributed by atoms with van der Waals surface area (Å²) in [6, 6.07) is 15.1. The Labute approximate surface area is 210 Å². The summed E-state index contributed by atoms with van der Waals surface area (Å²) in [5.74, 6) is 0.511. The van der Waals surface area contributed by atoms with Crippen molar-refractivity contribution in [1.82, 2.24) is 19.4 Å². The lowest BCUT2D eigenvalue weighted by atomic mass is 10.2. The number of benzene rings is 2. The first-order chi connectivity index (χ1) is 17.4. The van der Waals surface area contributed by atoms with Crippen LogP contribution < -0.4 is 14.8 Å². The third-order valence-electron chi connectivity index (χ3n) is 5.25. The predicted octanol–water partition coefficient (Wildman–Crippen LogP) is 3.84. The second kappa shape index (κ2) is 9.76. The lowest BCUT2D eigenvalue weighted by Gasteiger charge is -2.08. The minimum absolute atomic E-state index is 0.0217. The number of methoxy groups -OCH3 is 1. The molecule has 10 nitrogen and oxygen atoms in total. The van der Waals surface area contributed by atoms with Crippen LogP contribution in [0, 0.1) is 0 Å². The number of carbonyl (C=O) groups excluding carboxylic acids is 1. The van der Waals surface area contributed by atoms with Gasteiger partial charge in [0.2, 0.25) is 11.9 Å². The molecule has 0 bridgehead atoms. The van der Waals surface area contributed by atoms with Crippen molar-refractivity contribution in [2.24, 2.45) is 0 Å². The van der Waals surface area contributed by atoms with Crippen molar-refractivity contribution < 1.29 is 17.9 Å². The van der Waals surface area contributed by atoms with Crippen molar-refractivity contribution in [1.29, 1.82) is 0 Å². The molecule has 182 valence electrons. The van der Waals surface area contributed by atoms with Crippen molar-refractivity contribution in [3.05, 3.63) is 84.3 Å². The van der Waals surface area contributed by atoms with E-state index in [1.807, 2.05) is 40.2 Å². The highest BCUT2D eigenvalue weighted by Crippen LogP contribution is 2.26. The molecule has 3 heterocycles. The maximum atomic E-state index is 12.7. The fraction of sp³-hybridized carbons (Fsp3) is 0.0833. The van der Waals surface area contributed by atoms with E-state index >= 15 is 0 Å². The molecule has 0 aliphatic heterocycles. The van der Waals surface area contributed by atoms with Crippen LogP contribution in [0.5, 0.6) is 5.75 Å². The van der Waals surface area contributed by atoms with Gasteiger partial charge in [-0.15, -0.1) is 11.3 Å². The highest BCUT2D eigenvalue weighted by Gasteiger charge is 2.16. The summed E-state index contributed by atoms with van der Waals surface area (Å²) in [4.78, 5) is 25.9. The van der Waals surface area contributed by atoms with E-state index in [4.69, 9.17) is 4.74 Å². The zero-order valence-electron chi connectivity index (χ0n) is 19.0. The number of carbonyl (C=O) groups is 1. The number of imidazole rings is 1. The van der Waals surface area contributed by atoms with Crippen molar-refractivity contribution in [3.8, 4) is 17.0 Å². The average Bonchev–Trinajstić information content (AvgIpc) is 3.47. The van der Waals surface area contributed by atoms with Crippen LogP contribution >= 0.6 is 11.3 Å². The number of rotatable bonds is 8. The van der Waals surface area contributed by atoms with Crippen LogP contribution in [0.3, 0.4) is 0 Å². The van der Waals surface area contributed by atoms with Gasteiger partial charge in [0.25, 0.3) is 10.0 Å². The van der Waals surface area contributed by atoms with Crippen LogP contribution in [0.1, 0.15) is 5.69 Å². The lowest BCUT2D eigenvalue weighted by molar-refractivity contribution is -0.115. The van der Waals surface area contributed by atoms with Gasteiger partial charge >= 0.3 is 0 Å². The first-order valence-electron chi connectivity index (χ1n) is 10.7. The van der Waals surface area contributed by atoms with Crippen LogP contribution in [-0.4, -0.2) is 40.8 Å². The molecule has 0 saturated carbocycles. The zero-order valence-corrected chi connectivity index (χ0v) is 20.6. The summed E-state index contributed by atoms with van der Waals surface area (Å²) in [6.45, 7) is 0. The number of thiazole rings is 1. The van der Waals surface area contributed by atoms with Gasteiger partial charge in [-0.1, -0.05) is 0 Å². The highest BCUT2D eigenvalue weighted by atomic mass is 32.2. The number of ether oxygens (including phenoxy) is 1. The Bertz CT molecular complexity index is 1610. The van der Waals surface area contributed by atoms with Crippen LogP contribution in [0.4, 0.5) is 11.6 Å². The van der Waals surface area contributed by atoms with Gasteiger partial charge in [-0.3, -0.25) is 9.20 Å². The molecule has 0 saturated heterocycles. The number of amides is 1. The number of hydrogen-bond donors (Lipinski definition) is 2. The van der Waals surface area contributed by atoms with E-state index in [0.29, 0.717) is 5.69 Å². The van der Waals surface area contributed by atoms with Gasteiger partial charge in [-0.05, 0) is 54.6 Å². The number of hydrogen-bond acceptors (Lipinski definition) is 8. The summed E-state index contributed by atoms with van der Waals surface area (Å²) in [6.07, 6.45) is 4.91. The highest BCUT2D eigenvalue weighted by molar-refractivity contribution is 7.92. The SMILES string of the molecule is COc1ccc(-c2cn3c(CC(=O)Nc4ccc(S(=O)(=O)Nc5ncccn5)cc4)csc3n2)cc1. The normalized spacial score (nSPS) is 11.4. The molecular weight excluding hydrogens is 500 g/mol. The summed E-state index contributed by atoms with van der Waals surface area (Å²) in [7, 11) is -2.23. The van der Waals surface area contributed by atoms with Gasteiger partial charge in [0.05, 0.1) is 24.1 Å². The van der Waals surface area contributed by atoms with E-state index < -0.39 is 10.0 Å². The van der Waals surface area contributed by atoms with Gasteiger partial charge in [0, 0.05) is 40.9 Å². The molecule has 12 heteroatoms. The average molecular weight is 521 g/mol. The molecule has 2 aromatic carbocycles. The first kappa shape index (κ1) is 23.5. The van der Waals surface area contributed by atoms with E-state index in [1.165, 1.54) is 48.0 Å². The molecule has 0 aliphatic carbocycles. The van der Waals surface area contributed by atoms with Crippen molar-refractivity contribution in [2.45, 2.75) is 11.3 Å². The lowest BCUT2D eigenvalue weighted by Crippen LogP contribution is -2.16. The van der Waals surface area contributed by atoms with Gasteiger partial charge in [-0.2, -0.15) is 0 Å².